The summed E-state index contributed by atoms with van der Waals surface area (Å²) in [5, 5.41) is 0. The summed E-state index contributed by atoms with van der Waals surface area (Å²) in [7, 11) is 0. The van der Waals surface area contributed by atoms with Crippen molar-refractivity contribution >= 4 is 0 Å². The first-order chi connectivity index (χ1) is 10.1. The molecular weight excluding hydrogens is 252 g/mol. The SMILES string of the molecule is C=C=C(CCC)CC(C)c1ccc(C)cc1.CC.CCC. The molecule has 0 N–H and O–H groups in total. The highest BCUT2D eigenvalue weighted by Gasteiger charge is 2.07. The predicted octanol–water partition coefficient (Wildman–Crippen LogP) is 7.44. The minimum Gasteiger partial charge on any atom is -0.130 e. The van der Waals surface area contributed by atoms with Gasteiger partial charge in [-0.15, -0.1) is 5.73 Å². The molecular formula is C21H36. The van der Waals surface area contributed by atoms with Crippen LogP contribution >= 0.6 is 0 Å². The summed E-state index contributed by atoms with van der Waals surface area (Å²) in [4.78, 5) is 0. The van der Waals surface area contributed by atoms with Crippen molar-refractivity contribution in [3.05, 3.63) is 53.3 Å². The summed E-state index contributed by atoms with van der Waals surface area (Å²) in [6.45, 7) is 18.6. The van der Waals surface area contributed by atoms with Gasteiger partial charge in [0.05, 0.1) is 0 Å². The lowest BCUT2D eigenvalue weighted by atomic mass is 9.92. The zero-order valence-corrected chi connectivity index (χ0v) is 15.4. The first kappa shape index (κ1) is 22.0. The minimum atomic E-state index is 0.566. The molecule has 0 saturated heterocycles. The van der Waals surface area contributed by atoms with Crippen LogP contribution in [0.1, 0.15) is 84.3 Å². The van der Waals surface area contributed by atoms with Gasteiger partial charge in [0, 0.05) is 0 Å². The second-order valence-corrected chi connectivity index (χ2v) is 5.25. The van der Waals surface area contributed by atoms with Crippen molar-refractivity contribution in [2.75, 3.05) is 0 Å². The van der Waals surface area contributed by atoms with Crippen LogP contribution in [-0.4, -0.2) is 0 Å². The van der Waals surface area contributed by atoms with E-state index in [4.69, 9.17) is 0 Å². The first-order valence-electron chi connectivity index (χ1n) is 8.53. The van der Waals surface area contributed by atoms with Gasteiger partial charge in [0.15, 0.2) is 0 Å². The lowest BCUT2D eigenvalue weighted by molar-refractivity contribution is 0.713. The smallest absolute Gasteiger partial charge is 0.0147 e. The second-order valence-electron chi connectivity index (χ2n) is 5.25. The molecule has 0 radical (unpaired) electrons. The van der Waals surface area contributed by atoms with Gasteiger partial charge < -0.3 is 0 Å². The Bertz CT molecular complexity index is 377. The summed E-state index contributed by atoms with van der Waals surface area (Å²) in [5.74, 6) is 0.566. The number of aryl methyl sites for hydroxylation is 1. The topological polar surface area (TPSA) is 0 Å². The highest BCUT2D eigenvalue weighted by Crippen LogP contribution is 2.24. The van der Waals surface area contributed by atoms with E-state index in [9.17, 15) is 0 Å². The quantitative estimate of drug-likeness (QED) is 0.494. The van der Waals surface area contributed by atoms with E-state index in [-0.39, 0.29) is 0 Å². The van der Waals surface area contributed by atoms with Crippen molar-refractivity contribution in [1.29, 1.82) is 0 Å². The van der Waals surface area contributed by atoms with E-state index in [1.54, 1.807) is 0 Å². The standard InChI is InChI=1S/C16H22.C3H8.C2H6/c1-5-7-15(6-2)12-14(4)16-10-8-13(3)9-11-16;1-3-2;1-2/h8-11,14H,2,5,7,12H2,1,3-4H3;3H2,1-2H3;1-2H3. The monoisotopic (exact) mass is 288 g/mol. The second kappa shape index (κ2) is 15.1. The molecule has 1 unspecified atom stereocenters. The van der Waals surface area contributed by atoms with Crippen molar-refractivity contribution in [3.8, 4) is 0 Å². The Hall–Kier alpha value is -1.26. The summed E-state index contributed by atoms with van der Waals surface area (Å²) in [6.07, 6.45) is 4.64. The van der Waals surface area contributed by atoms with Gasteiger partial charge in [-0.3, -0.25) is 0 Å². The maximum atomic E-state index is 3.78. The van der Waals surface area contributed by atoms with Gasteiger partial charge in [-0.1, -0.05) is 90.8 Å². The van der Waals surface area contributed by atoms with E-state index >= 15 is 0 Å². The number of hydrogen-bond acceptors (Lipinski definition) is 0. The summed E-state index contributed by atoms with van der Waals surface area (Å²) in [5.41, 5.74) is 7.17. The third-order valence-corrected chi connectivity index (χ3v) is 3.00. The Morgan fingerprint density at radius 3 is 1.95 bits per heavy atom. The first-order valence-corrected chi connectivity index (χ1v) is 8.53. The Kier molecular flexibility index (Phi) is 15.9. The van der Waals surface area contributed by atoms with Crippen LogP contribution < -0.4 is 0 Å². The molecule has 0 heteroatoms. The van der Waals surface area contributed by atoms with Gasteiger partial charge >= 0.3 is 0 Å². The van der Waals surface area contributed by atoms with E-state index < -0.39 is 0 Å². The van der Waals surface area contributed by atoms with Gasteiger partial charge in [0.25, 0.3) is 0 Å². The molecule has 0 fully saturated rings. The molecule has 0 saturated carbocycles. The molecule has 21 heavy (non-hydrogen) atoms. The van der Waals surface area contributed by atoms with Gasteiger partial charge in [0.2, 0.25) is 0 Å². The fourth-order valence-electron chi connectivity index (χ4n) is 1.95. The molecule has 0 heterocycles. The average Bonchev–Trinajstić information content (AvgIpc) is 2.50. The lowest BCUT2D eigenvalue weighted by Gasteiger charge is -2.13. The number of hydrogen-bond donors (Lipinski definition) is 0. The Labute approximate surface area is 134 Å². The van der Waals surface area contributed by atoms with Gasteiger partial charge in [0.1, 0.15) is 0 Å². The van der Waals surface area contributed by atoms with E-state index in [1.165, 1.54) is 29.5 Å². The molecule has 120 valence electrons. The van der Waals surface area contributed by atoms with Gasteiger partial charge in [-0.05, 0) is 36.8 Å². The van der Waals surface area contributed by atoms with Crippen molar-refractivity contribution < 1.29 is 0 Å². The van der Waals surface area contributed by atoms with Gasteiger partial charge in [-0.2, -0.15) is 0 Å². The molecule has 0 nitrogen and oxygen atoms in total. The zero-order valence-electron chi connectivity index (χ0n) is 15.4. The Balaban J connectivity index is 0. The number of rotatable bonds is 5. The van der Waals surface area contributed by atoms with E-state index in [1.807, 2.05) is 13.8 Å². The van der Waals surface area contributed by atoms with Crippen molar-refractivity contribution in [3.63, 3.8) is 0 Å². The molecule has 1 aromatic carbocycles. The van der Waals surface area contributed by atoms with Crippen LogP contribution in [0.3, 0.4) is 0 Å². The Morgan fingerprint density at radius 2 is 1.57 bits per heavy atom. The van der Waals surface area contributed by atoms with Crippen LogP contribution in [0.5, 0.6) is 0 Å². The zero-order chi connectivity index (χ0) is 16.7. The molecule has 0 spiro atoms. The maximum Gasteiger partial charge on any atom is -0.0147 e. The number of allylic oxidation sites excluding steroid dienone is 1. The largest absolute Gasteiger partial charge is 0.130 e. The molecule has 0 aliphatic rings. The highest BCUT2D eigenvalue weighted by atomic mass is 14.1. The molecule has 0 bridgehead atoms. The van der Waals surface area contributed by atoms with E-state index in [0.29, 0.717) is 5.92 Å². The summed E-state index contributed by atoms with van der Waals surface area (Å²) >= 11 is 0. The molecule has 0 aliphatic carbocycles. The van der Waals surface area contributed by atoms with Crippen molar-refractivity contribution in [2.24, 2.45) is 0 Å². The third-order valence-electron chi connectivity index (χ3n) is 3.00. The molecule has 1 atom stereocenters. The van der Waals surface area contributed by atoms with Crippen molar-refractivity contribution in [2.45, 2.75) is 80.1 Å². The summed E-state index contributed by atoms with van der Waals surface area (Å²) < 4.78 is 0. The van der Waals surface area contributed by atoms with Crippen LogP contribution in [0.25, 0.3) is 0 Å². The molecule has 0 aliphatic heterocycles. The molecule has 0 amide bonds. The molecule has 1 rings (SSSR count). The lowest BCUT2D eigenvalue weighted by Crippen LogP contribution is -1.95. The highest BCUT2D eigenvalue weighted by molar-refractivity contribution is 5.25. The van der Waals surface area contributed by atoms with Crippen LogP contribution in [0, 0.1) is 6.92 Å². The van der Waals surface area contributed by atoms with Crippen LogP contribution in [-0.2, 0) is 0 Å². The minimum absolute atomic E-state index is 0.566. The number of benzene rings is 1. The fraction of sp³-hybridized carbons (Fsp3) is 0.571. The molecule has 1 aromatic rings. The van der Waals surface area contributed by atoms with E-state index in [2.05, 4.69) is 71.2 Å². The normalized spacial score (nSPS) is 10.2. The fourth-order valence-corrected chi connectivity index (χ4v) is 1.95. The maximum absolute atomic E-state index is 3.78. The van der Waals surface area contributed by atoms with E-state index in [0.717, 1.165) is 12.8 Å². The van der Waals surface area contributed by atoms with Crippen LogP contribution in [0.2, 0.25) is 0 Å². The predicted molar refractivity (Wildman–Crippen MR) is 99.1 cm³/mol. The molecule has 0 aromatic heterocycles. The van der Waals surface area contributed by atoms with Crippen LogP contribution in [0.4, 0.5) is 0 Å². The summed E-state index contributed by atoms with van der Waals surface area (Å²) in [6, 6.07) is 8.82. The average molecular weight is 289 g/mol. The Morgan fingerprint density at radius 1 is 1.10 bits per heavy atom. The third kappa shape index (κ3) is 11.1. The van der Waals surface area contributed by atoms with Crippen molar-refractivity contribution in [1.82, 2.24) is 0 Å². The van der Waals surface area contributed by atoms with Gasteiger partial charge in [-0.25, -0.2) is 0 Å². The van der Waals surface area contributed by atoms with Crippen LogP contribution in [0.15, 0.2) is 42.1 Å².